The van der Waals surface area contributed by atoms with Gasteiger partial charge in [0.05, 0.1) is 6.10 Å². The summed E-state index contributed by atoms with van der Waals surface area (Å²) in [7, 11) is 0. The van der Waals surface area contributed by atoms with Gasteiger partial charge < -0.3 is 14.5 Å². The van der Waals surface area contributed by atoms with Crippen LogP contribution in [0.4, 0.5) is 0 Å². The van der Waals surface area contributed by atoms with Gasteiger partial charge in [-0.25, -0.2) is 4.79 Å². The van der Waals surface area contributed by atoms with Crippen LogP contribution in [0.1, 0.15) is 31.6 Å². The standard InChI is InChI=1S/C10H14N2O3.H3O2PS2/c1-6-5-12(10(14)11-9(6)13)8-4-3-7(2)15-8;1-3(2,4)5/h5,7-8H,3-4H2,1-2H3,(H,11,13,14);(H3,1,2,4,5)/t7-,8-;/m1./s1. The number of nitrogens with zero attached hydrogens (tertiary/aromatic N) is 1. The molecule has 1 aromatic heterocycles. The Labute approximate surface area is 125 Å². The summed E-state index contributed by atoms with van der Waals surface area (Å²) in [6, 6.07) is 0. The molecule has 0 amide bonds. The van der Waals surface area contributed by atoms with Crippen molar-refractivity contribution in [2.75, 3.05) is 0 Å². The molecule has 114 valence electrons. The van der Waals surface area contributed by atoms with E-state index in [1.807, 2.05) is 6.92 Å². The van der Waals surface area contributed by atoms with E-state index in [-0.39, 0.29) is 17.9 Å². The molecular weight excluding hydrogens is 323 g/mol. The first-order valence-corrected chi connectivity index (χ1v) is 9.70. The van der Waals surface area contributed by atoms with Crippen molar-refractivity contribution in [2.45, 2.75) is 39.0 Å². The van der Waals surface area contributed by atoms with E-state index in [1.165, 1.54) is 4.57 Å². The van der Waals surface area contributed by atoms with Crippen LogP contribution < -0.4 is 11.2 Å². The number of ether oxygens (including phenoxy) is 1. The molecule has 0 spiro atoms. The molecule has 20 heavy (non-hydrogen) atoms. The number of aromatic nitrogens is 2. The molecule has 2 rings (SSSR count). The van der Waals surface area contributed by atoms with Gasteiger partial charge in [-0.3, -0.25) is 14.3 Å². The Morgan fingerprint density at radius 3 is 2.50 bits per heavy atom. The van der Waals surface area contributed by atoms with E-state index in [4.69, 9.17) is 14.5 Å². The molecule has 0 saturated carbocycles. The number of aromatic amines is 1. The monoisotopic (exact) mass is 340 g/mol. The smallest absolute Gasteiger partial charge is 0.330 e. The first-order valence-electron chi connectivity index (χ1n) is 5.83. The zero-order valence-corrected chi connectivity index (χ0v) is 13.6. The average Bonchev–Trinajstić information content (AvgIpc) is 2.68. The van der Waals surface area contributed by atoms with Crippen LogP contribution in [0.2, 0.25) is 0 Å². The summed E-state index contributed by atoms with van der Waals surface area (Å²) < 4.78 is 7.02. The summed E-state index contributed by atoms with van der Waals surface area (Å²) >= 11 is 7.07. The van der Waals surface area contributed by atoms with Crippen LogP contribution in [-0.4, -0.2) is 25.4 Å². The number of hydrogen-bond donors (Lipinski definition) is 4. The normalized spacial score (nSPS) is 22.2. The van der Waals surface area contributed by atoms with Crippen molar-refractivity contribution in [1.29, 1.82) is 0 Å². The quantitative estimate of drug-likeness (QED) is 0.442. The Morgan fingerprint density at radius 1 is 1.50 bits per heavy atom. The van der Waals surface area contributed by atoms with Gasteiger partial charge in [0.2, 0.25) is 5.69 Å². The van der Waals surface area contributed by atoms with Crippen molar-refractivity contribution >= 4 is 29.7 Å². The minimum absolute atomic E-state index is 0.175. The van der Waals surface area contributed by atoms with Crippen molar-refractivity contribution in [3.05, 3.63) is 32.6 Å². The number of H-pyrrole nitrogens is 1. The number of hydrogen-bond acceptors (Lipinski definition) is 4. The van der Waals surface area contributed by atoms with Crippen LogP contribution in [0.5, 0.6) is 0 Å². The predicted molar refractivity (Wildman–Crippen MR) is 82.6 cm³/mol. The van der Waals surface area contributed by atoms with Gasteiger partial charge in [-0.05, 0) is 38.5 Å². The maximum atomic E-state index is 11.5. The summed E-state index contributed by atoms with van der Waals surface area (Å²) in [4.78, 5) is 40.7. The fraction of sp³-hybridized carbons (Fsp3) is 0.600. The van der Waals surface area contributed by atoms with Gasteiger partial charge in [-0.2, -0.15) is 0 Å². The van der Waals surface area contributed by atoms with Crippen LogP contribution in [0.15, 0.2) is 15.8 Å². The Balaban J connectivity index is 0.000000347. The van der Waals surface area contributed by atoms with Crippen molar-refractivity contribution in [3.63, 3.8) is 0 Å². The van der Waals surface area contributed by atoms with Crippen molar-refractivity contribution < 1.29 is 14.5 Å². The second kappa shape index (κ2) is 7.02. The molecule has 0 bridgehead atoms. The Bertz CT molecular complexity index is 615. The fourth-order valence-electron chi connectivity index (χ4n) is 1.79. The number of aryl methyl sites for hydroxylation is 1. The summed E-state index contributed by atoms with van der Waals surface area (Å²) in [5.41, 5.74) is -3.32. The van der Waals surface area contributed by atoms with Crippen LogP contribution in [0.3, 0.4) is 0 Å². The van der Waals surface area contributed by atoms with E-state index >= 15 is 0 Å². The van der Waals surface area contributed by atoms with Crippen LogP contribution in [0, 0.1) is 6.92 Å². The predicted octanol–water partition coefficient (Wildman–Crippen LogP) is 0.668. The van der Waals surface area contributed by atoms with E-state index < -0.39 is 11.4 Å². The molecule has 0 unspecified atom stereocenters. The first-order chi connectivity index (χ1) is 9.08. The second-order valence-electron chi connectivity index (χ2n) is 4.47. The molecule has 1 aliphatic heterocycles. The summed E-state index contributed by atoms with van der Waals surface area (Å²) in [5.74, 6) is 0. The molecule has 2 heterocycles. The van der Waals surface area contributed by atoms with Crippen molar-refractivity contribution in [1.82, 2.24) is 9.55 Å². The molecule has 2 atom stereocenters. The van der Waals surface area contributed by atoms with Gasteiger partial charge >= 0.3 is 5.69 Å². The Hall–Kier alpha value is -0.440. The van der Waals surface area contributed by atoms with E-state index in [9.17, 15) is 9.59 Å². The van der Waals surface area contributed by atoms with Crippen LogP contribution >= 0.6 is 17.9 Å². The molecule has 0 aliphatic carbocycles. The lowest BCUT2D eigenvalue weighted by Crippen LogP contribution is -2.33. The summed E-state index contributed by atoms with van der Waals surface area (Å²) in [6.07, 6.45) is 3.25. The molecular formula is C10H17N2O5PS2. The van der Waals surface area contributed by atoms with Gasteiger partial charge in [-0.1, -0.05) is 12.2 Å². The lowest BCUT2D eigenvalue weighted by atomic mass is 10.2. The molecule has 1 aliphatic rings. The molecule has 10 heteroatoms. The topological polar surface area (TPSA) is 105 Å². The van der Waals surface area contributed by atoms with Crippen LogP contribution in [-0.2, 0) is 16.5 Å². The maximum Gasteiger partial charge on any atom is 0.330 e. The highest BCUT2D eigenvalue weighted by atomic mass is 32.9. The molecule has 1 saturated heterocycles. The van der Waals surface area contributed by atoms with Gasteiger partial charge in [0.25, 0.3) is 5.56 Å². The second-order valence-corrected chi connectivity index (χ2v) is 9.51. The Kier molecular flexibility index (Phi) is 6.18. The van der Waals surface area contributed by atoms with Crippen molar-refractivity contribution in [3.8, 4) is 0 Å². The largest absolute Gasteiger partial charge is 0.355 e. The van der Waals surface area contributed by atoms with Gasteiger partial charge in [-0.15, -0.1) is 0 Å². The highest BCUT2D eigenvalue weighted by Gasteiger charge is 2.24. The number of nitrogens with one attached hydrogen (secondary N) is 1. The molecule has 0 aromatic carbocycles. The lowest BCUT2D eigenvalue weighted by molar-refractivity contribution is 0.00780. The van der Waals surface area contributed by atoms with E-state index in [1.54, 1.807) is 13.1 Å². The van der Waals surface area contributed by atoms with Gasteiger partial charge in [0.15, 0.2) is 0 Å². The third-order valence-corrected chi connectivity index (χ3v) is 2.67. The number of thiol groups is 1. The third kappa shape index (κ3) is 5.90. The number of rotatable bonds is 1. The Morgan fingerprint density at radius 2 is 2.05 bits per heavy atom. The average molecular weight is 340 g/mol. The van der Waals surface area contributed by atoms with Gasteiger partial charge in [0.1, 0.15) is 6.23 Å². The minimum Gasteiger partial charge on any atom is -0.355 e. The van der Waals surface area contributed by atoms with E-state index in [0.717, 1.165) is 12.8 Å². The lowest BCUT2D eigenvalue weighted by Gasteiger charge is -2.14. The first kappa shape index (κ1) is 17.6. The molecule has 1 fully saturated rings. The fourth-order valence-corrected chi connectivity index (χ4v) is 1.79. The molecule has 3 N–H and O–H groups in total. The van der Waals surface area contributed by atoms with E-state index in [0.29, 0.717) is 5.56 Å². The van der Waals surface area contributed by atoms with E-state index in [2.05, 4.69) is 29.0 Å². The molecule has 0 radical (unpaired) electrons. The zero-order chi connectivity index (χ0) is 15.5. The molecule has 7 nitrogen and oxygen atoms in total. The highest BCUT2D eigenvalue weighted by Crippen LogP contribution is 2.39. The van der Waals surface area contributed by atoms with Gasteiger partial charge in [0, 0.05) is 11.8 Å². The highest BCUT2D eigenvalue weighted by molar-refractivity contribution is 8.59. The minimum atomic E-state index is -3.11. The summed E-state index contributed by atoms with van der Waals surface area (Å²) in [6.45, 7) is 3.65. The zero-order valence-electron chi connectivity index (χ0n) is 11.0. The summed E-state index contributed by atoms with van der Waals surface area (Å²) in [5, 5.41) is 0. The SMILES string of the molecule is Cc1cn([C@H]2CC[C@@H](C)O2)c(=O)[nH]c1=O.OP(O)(=S)S. The third-order valence-electron chi connectivity index (χ3n) is 2.67. The maximum absolute atomic E-state index is 11.5. The molecule has 1 aromatic rings. The van der Waals surface area contributed by atoms with Crippen molar-refractivity contribution in [2.24, 2.45) is 0 Å². The van der Waals surface area contributed by atoms with Crippen LogP contribution in [0.25, 0.3) is 0 Å².